The highest BCUT2D eigenvalue weighted by molar-refractivity contribution is 5.37. The molecule has 0 nitrogen and oxygen atoms in total. The van der Waals surface area contributed by atoms with E-state index in [0.29, 0.717) is 0 Å². The third-order valence-electron chi connectivity index (χ3n) is 5.28. The zero-order chi connectivity index (χ0) is 11.3. The minimum atomic E-state index is 0.929. The van der Waals surface area contributed by atoms with Crippen molar-refractivity contribution in [3.05, 3.63) is 34.9 Å². The third kappa shape index (κ3) is 1.43. The summed E-state index contributed by atoms with van der Waals surface area (Å²) in [7, 11) is 0. The second-order valence-electron chi connectivity index (χ2n) is 6.12. The van der Waals surface area contributed by atoms with Gasteiger partial charge >= 0.3 is 0 Å². The van der Waals surface area contributed by atoms with Crippen molar-refractivity contribution >= 4 is 0 Å². The minimum Gasteiger partial charge on any atom is -0.0622 e. The molecule has 0 heteroatoms. The predicted octanol–water partition coefficient (Wildman–Crippen LogP) is 4.00. The fraction of sp³-hybridized carbons (Fsp3) is 0.625. The summed E-state index contributed by atoms with van der Waals surface area (Å²) in [6.45, 7) is 7.19. The van der Waals surface area contributed by atoms with Gasteiger partial charge in [-0.05, 0) is 66.5 Å². The molecule has 1 aromatic carbocycles. The largest absolute Gasteiger partial charge is 0.0622 e. The fourth-order valence-corrected chi connectivity index (χ4v) is 4.07. The molecule has 0 spiro atoms. The Morgan fingerprint density at radius 3 is 2.75 bits per heavy atom. The first kappa shape index (κ1) is 10.4. The summed E-state index contributed by atoms with van der Waals surface area (Å²) in [6.07, 6.45) is 4.15. The Bertz CT molecular complexity index is 404. The SMILES string of the molecule is Cc1cccc2c1C[C@H]1C[C@@H](C)[C@H](C)[C@H]1C2. The first-order chi connectivity index (χ1) is 7.66. The molecule has 1 saturated carbocycles. The van der Waals surface area contributed by atoms with Crippen LogP contribution in [-0.4, -0.2) is 0 Å². The van der Waals surface area contributed by atoms with Crippen molar-refractivity contribution < 1.29 is 0 Å². The Balaban J connectivity index is 1.97. The number of hydrogen-bond donors (Lipinski definition) is 0. The van der Waals surface area contributed by atoms with Crippen molar-refractivity contribution in [2.24, 2.45) is 23.7 Å². The topological polar surface area (TPSA) is 0 Å². The monoisotopic (exact) mass is 214 g/mol. The summed E-state index contributed by atoms with van der Waals surface area (Å²) in [6, 6.07) is 6.87. The van der Waals surface area contributed by atoms with Crippen LogP contribution in [0.2, 0.25) is 0 Å². The van der Waals surface area contributed by atoms with E-state index in [9.17, 15) is 0 Å². The van der Waals surface area contributed by atoms with Gasteiger partial charge in [-0.25, -0.2) is 0 Å². The lowest BCUT2D eigenvalue weighted by molar-refractivity contribution is 0.293. The van der Waals surface area contributed by atoms with Gasteiger partial charge in [-0.2, -0.15) is 0 Å². The van der Waals surface area contributed by atoms with Crippen LogP contribution >= 0.6 is 0 Å². The molecule has 4 atom stereocenters. The summed E-state index contributed by atoms with van der Waals surface area (Å²) >= 11 is 0. The van der Waals surface area contributed by atoms with Crippen molar-refractivity contribution in [2.75, 3.05) is 0 Å². The van der Waals surface area contributed by atoms with Crippen molar-refractivity contribution in [3.8, 4) is 0 Å². The number of benzene rings is 1. The van der Waals surface area contributed by atoms with Gasteiger partial charge in [0, 0.05) is 0 Å². The van der Waals surface area contributed by atoms with E-state index in [1.165, 1.54) is 24.8 Å². The van der Waals surface area contributed by atoms with Gasteiger partial charge in [-0.1, -0.05) is 32.0 Å². The summed E-state index contributed by atoms with van der Waals surface area (Å²) in [5, 5.41) is 0. The van der Waals surface area contributed by atoms with E-state index >= 15 is 0 Å². The van der Waals surface area contributed by atoms with E-state index < -0.39 is 0 Å². The van der Waals surface area contributed by atoms with E-state index in [4.69, 9.17) is 0 Å². The normalized spacial score (nSPS) is 36.9. The van der Waals surface area contributed by atoms with Crippen LogP contribution in [0.1, 0.15) is 37.0 Å². The summed E-state index contributed by atoms with van der Waals surface area (Å²) in [5.41, 5.74) is 4.83. The minimum absolute atomic E-state index is 0.929. The Morgan fingerprint density at radius 2 is 1.94 bits per heavy atom. The number of rotatable bonds is 0. The van der Waals surface area contributed by atoms with Crippen LogP contribution in [0.3, 0.4) is 0 Å². The lowest BCUT2D eigenvalue weighted by Gasteiger charge is -2.31. The molecular weight excluding hydrogens is 192 g/mol. The molecule has 86 valence electrons. The molecule has 0 amide bonds. The predicted molar refractivity (Wildman–Crippen MR) is 68.5 cm³/mol. The standard InChI is InChI=1S/C16H22/c1-10-5-4-6-13-8-16-12(3)11(2)7-14(16)9-15(10)13/h4-6,11-12,14,16H,7-9H2,1-3H3/t11-,12+,14-,16-/m1/s1. The second-order valence-corrected chi connectivity index (χ2v) is 6.12. The molecule has 1 aromatic rings. The van der Waals surface area contributed by atoms with Crippen LogP contribution in [0.5, 0.6) is 0 Å². The number of hydrogen-bond acceptors (Lipinski definition) is 0. The third-order valence-corrected chi connectivity index (χ3v) is 5.28. The molecule has 0 saturated heterocycles. The van der Waals surface area contributed by atoms with E-state index in [-0.39, 0.29) is 0 Å². The summed E-state index contributed by atoms with van der Waals surface area (Å²) < 4.78 is 0. The van der Waals surface area contributed by atoms with Crippen LogP contribution in [0.15, 0.2) is 18.2 Å². The van der Waals surface area contributed by atoms with E-state index in [1.807, 2.05) is 0 Å². The Morgan fingerprint density at radius 1 is 1.12 bits per heavy atom. The highest BCUT2D eigenvalue weighted by atomic mass is 14.5. The molecule has 2 aliphatic carbocycles. The molecule has 3 rings (SSSR count). The Labute approximate surface area is 99.1 Å². The quantitative estimate of drug-likeness (QED) is 0.612. The maximum Gasteiger partial charge on any atom is -0.0242 e. The summed E-state index contributed by atoms with van der Waals surface area (Å²) in [4.78, 5) is 0. The highest BCUT2D eigenvalue weighted by Gasteiger charge is 2.41. The van der Waals surface area contributed by atoms with Crippen LogP contribution < -0.4 is 0 Å². The molecule has 0 aromatic heterocycles. The van der Waals surface area contributed by atoms with Gasteiger partial charge in [0.2, 0.25) is 0 Å². The molecule has 0 aliphatic heterocycles. The van der Waals surface area contributed by atoms with Gasteiger partial charge in [-0.3, -0.25) is 0 Å². The van der Waals surface area contributed by atoms with Crippen molar-refractivity contribution in [2.45, 2.75) is 40.0 Å². The van der Waals surface area contributed by atoms with Crippen LogP contribution in [-0.2, 0) is 12.8 Å². The molecule has 0 radical (unpaired) electrons. The molecular formula is C16H22. The lowest BCUT2D eigenvalue weighted by atomic mass is 9.74. The van der Waals surface area contributed by atoms with Gasteiger partial charge in [0.1, 0.15) is 0 Å². The molecule has 0 heterocycles. The molecule has 0 unspecified atom stereocenters. The van der Waals surface area contributed by atoms with Crippen molar-refractivity contribution in [3.63, 3.8) is 0 Å². The zero-order valence-electron chi connectivity index (χ0n) is 10.7. The molecule has 0 N–H and O–H groups in total. The number of aryl methyl sites for hydroxylation is 1. The average molecular weight is 214 g/mol. The Hall–Kier alpha value is -0.780. The van der Waals surface area contributed by atoms with E-state index in [0.717, 1.165) is 23.7 Å². The van der Waals surface area contributed by atoms with Gasteiger partial charge in [0.05, 0.1) is 0 Å². The van der Waals surface area contributed by atoms with Gasteiger partial charge < -0.3 is 0 Å². The van der Waals surface area contributed by atoms with Crippen LogP contribution in [0.25, 0.3) is 0 Å². The Kier molecular flexibility index (Phi) is 2.34. The smallest absolute Gasteiger partial charge is 0.0242 e. The maximum absolute atomic E-state index is 2.47. The van der Waals surface area contributed by atoms with E-state index in [2.05, 4.69) is 39.0 Å². The van der Waals surface area contributed by atoms with Gasteiger partial charge in [0.25, 0.3) is 0 Å². The fourth-order valence-electron chi connectivity index (χ4n) is 4.07. The first-order valence-corrected chi connectivity index (χ1v) is 6.74. The van der Waals surface area contributed by atoms with Crippen LogP contribution in [0.4, 0.5) is 0 Å². The van der Waals surface area contributed by atoms with Gasteiger partial charge in [0.15, 0.2) is 0 Å². The first-order valence-electron chi connectivity index (χ1n) is 6.74. The van der Waals surface area contributed by atoms with E-state index in [1.54, 1.807) is 11.1 Å². The highest BCUT2D eigenvalue weighted by Crippen LogP contribution is 2.47. The van der Waals surface area contributed by atoms with Crippen molar-refractivity contribution in [1.82, 2.24) is 0 Å². The molecule has 16 heavy (non-hydrogen) atoms. The molecule has 2 aliphatic rings. The molecule has 1 fully saturated rings. The summed E-state index contributed by atoms with van der Waals surface area (Å²) in [5.74, 6) is 3.80. The zero-order valence-corrected chi connectivity index (χ0v) is 10.7. The van der Waals surface area contributed by atoms with Crippen molar-refractivity contribution in [1.29, 1.82) is 0 Å². The number of fused-ring (bicyclic) bond motifs is 2. The van der Waals surface area contributed by atoms with Crippen LogP contribution in [0, 0.1) is 30.6 Å². The average Bonchev–Trinajstić information content (AvgIpc) is 2.54. The second kappa shape index (κ2) is 3.61. The molecule has 0 bridgehead atoms. The lowest BCUT2D eigenvalue weighted by Crippen LogP contribution is -2.24. The maximum atomic E-state index is 2.47. The van der Waals surface area contributed by atoms with Gasteiger partial charge in [-0.15, -0.1) is 0 Å².